The minimum absolute atomic E-state index is 0.169. The molecular weight excluding hydrogens is 214 g/mol. The number of nitrogens with one attached hydrogen (secondary N) is 1. The van der Waals surface area contributed by atoms with Gasteiger partial charge in [0.2, 0.25) is 5.91 Å². The van der Waals surface area contributed by atoms with E-state index in [2.05, 4.69) is 22.6 Å². The topological polar surface area (TPSA) is 46.9 Å². The molecular formula is C13H19N3O. The van der Waals surface area contributed by atoms with E-state index >= 15 is 0 Å². The number of nitrogens with zero attached hydrogens (tertiary/aromatic N) is 2. The molecule has 92 valence electrons. The van der Waals surface area contributed by atoms with Crippen molar-refractivity contribution in [2.75, 3.05) is 6.54 Å². The minimum atomic E-state index is 0.169. The molecule has 1 aliphatic rings. The summed E-state index contributed by atoms with van der Waals surface area (Å²) in [6.45, 7) is 1.59. The van der Waals surface area contributed by atoms with Crippen LogP contribution in [0.1, 0.15) is 25.7 Å². The Balaban J connectivity index is 1.55. The molecule has 0 radical (unpaired) electrons. The maximum Gasteiger partial charge on any atom is 0.220 e. The fourth-order valence-electron chi connectivity index (χ4n) is 2.08. The molecule has 0 bridgehead atoms. The average Bonchev–Trinajstić information content (AvgIpc) is 2.96. The van der Waals surface area contributed by atoms with E-state index in [-0.39, 0.29) is 5.91 Å². The number of amides is 1. The molecule has 17 heavy (non-hydrogen) atoms. The normalized spacial score (nSPS) is 18.5. The molecule has 1 aromatic rings. The maximum absolute atomic E-state index is 11.6. The van der Waals surface area contributed by atoms with E-state index in [0.717, 1.165) is 32.4 Å². The van der Waals surface area contributed by atoms with Crippen molar-refractivity contribution in [3.63, 3.8) is 0 Å². The van der Waals surface area contributed by atoms with Crippen LogP contribution < -0.4 is 5.32 Å². The van der Waals surface area contributed by atoms with Crippen LogP contribution in [-0.4, -0.2) is 22.2 Å². The first kappa shape index (κ1) is 11.9. The molecule has 0 aromatic carbocycles. The van der Waals surface area contributed by atoms with Crippen molar-refractivity contribution < 1.29 is 4.79 Å². The lowest BCUT2D eigenvalue weighted by molar-refractivity contribution is -0.121. The van der Waals surface area contributed by atoms with Gasteiger partial charge in [-0.2, -0.15) is 5.10 Å². The van der Waals surface area contributed by atoms with Gasteiger partial charge in [0.1, 0.15) is 0 Å². The van der Waals surface area contributed by atoms with Crippen LogP contribution in [0.15, 0.2) is 30.6 Å². The minimum Gasteiger partial charge on any atom is -0.356 e. The molecule has 4 nitrogen and oxygen atoms in total. The molecule has 0 aliphatic heterocycles. The predicted molar refractivity (Wildman–Crippen MR) is 66.3 cm³/mol. The van der Waals surface area contributed by atoms with Crippen LogP contribution in [0.2, 0.25) is 0 Å². The van der Waals surface area contributed by atoms with Crippen LogP contribution in [0.25, 0.3) is 0 Å². The predicted octanol–water partition coefficient (Wildman–Crippen LogP) is 1.75. The van der Waals surface area contributed by atoms with Crippen LogP contribution in [0, 0.1) is 5.92 Å². The van der Waals surface area contributed by atoms with E-state index in [1.807, 2.05) is 16.9 Å². The van der Waals surface area contributed by atoms with Crippen molar-refractivity contribution >= 4 is 5.91 Å². The van der Waals surface area contributed by atoms with E-state index in [4.69, 9.17) is 0 Å². The van der Waals surface area contributed by atoms with Crippen LogP contribution in [-0.2, 0) is 11.3 Å². The number of hydrogen-bond acceptors (Lipinski definition) is 2. The third-order valence-electron chi connectivity index (χ3n) is 3.01. The van der Waals surface area contributed by atoms with Gasteiger partial charge in [-0.05, 0) is 31.2 Å². The molecule has 4 heteroatoms. The van der Waals surface area contributed by atoms with Crippen LogP contribution in [0.4, 0.5) is 0 Å². The lowest BCUT2D eigenvalue weighted by atomic mass is 10.1. The first-order valence-corrected chi connectivity index (χ1v) is 6.25. The van der Waals surface area contributed by atoms with Crippen LogP contribution in [0.3, 0.4) is 0 Å². The zero-order valence-electron chi connectivity index (χ0n) is 10.0. The van der Waals surface area contributed by atoms with Gasteiger partial charge in [0, 0.05) is 31.9 Å². The summed E-state index contributed by atoms with van der Waals surface area (Å²) in [6.07, 6.45) is 11.8. The van der Waals surface area contributed by atoms with Crippen molar-refractivity contribution in [1.82, 2.24) is 15.1 Å². The highest BCUT2D eigenvalue weighted by Crippen LogP contribution is 2.19. The van der Waals surface area contributed by atoms with Gasteiger partial charge in [0.15, 0.2) is 0 Å². The SMILES string of the molecule is O=C(CC1C=CCC1)NCCCn1cccn1. The van der Waals surface area contributed by atoms with E-state index in [0.29, 0.717) is 12.3 Å². The lowest BCUT2D eigenvalue weighted by Crippen LogP contribution is -2.26. The Morgan fingerprint density at radius 3 is 3.18 bits per heavy atom. The molecule has 1 heterocycles. The highest BCUT2D eigenvalue weighted by Gasteiger charge is 2.13. The molecule has 2 rings (SSSR count). The molecule has 0 fully saturated rings. The van der Waals surface area contributed by atoms with Gasteiger partial charge in [-0.25, -0.2) is 0 Å². The molecule has 0 spiro atoms. The summed E-state index contributed by atoms with van der Waals surface area (Å²) >= 11 is 0. The lowest BCUT2D eigenvalue weighted by Gasteiger charge is -2.08. The highest BCUT2D eigenvalue weighted by molar-refractivity contribution is 5.76. The fraction of sp³-hybridized carbons (Fsp3) is 0.538. The Hall–Kier alpha value is -1.58. The molecule has 0 saturated heterocycles. The molecule has 1 unspecified atom stereocenters. The van der Waals surface area contributed by atoms with Gasteiger partial charge < -0.3 is 5.32 Å². The summed E-state index contributed by atoms with van der Waals surface area (Å²) in [5.74, 6) is 0.628. The number of aryl methyl sites for hydroxylation is 1. The van der Waals surface area contributed by atoms with Crippen molar-refractivity contribution in [1.29, 1.82) is 0 Å². The summed E-state index contributed by atoms with van der Waals surface area (Å²) in [7, 11) is 0. The largest absolute Gasteiger partial charge is 0.356 e. The van der Waals surface area contributed by atoms with Gasteiger partial charge in [0.25, 0.3) is 0 Å². The first-order valence-electron chi connectivity index (χ1n) is 6.25. The second-order valence-corrected chi connectivity index (χ2v) is 4.44. The van der Waals surface area contributed by atoms with Crippen molar-refractivity contribution in [2.45, 2.75) is 32.2 Å². The summed E-state index contributed by atoms with van der Waals surface area (Å²) < 4.78 is 1.88. The van der Waals surface area contributed by atoms with Gasteiger partial charge in [-0.1, -0.05) is 12.2 Å². The molecule has 1 amide bonds. The highest BCUT2D eigenvalue weighted by atomic mass is 16.1. The second kappa shape index (κ2) is 6.23. The van der Waals surface area contributed by atoms with Crippen molar-refractivity contribution in [2.24, 2.45) is 5.92 Å². The molecule has 1 atom stereocenters. The summed E-state index contributed by atoms with van der Waals surface area (Å²) in [5.41, 5.74) is 0. The van der Waals surface area contributed by atoms with Crippen molar-refractivity contribution in [3.8, 4) is 0 Å². The second-order valence-electron chi connectivity index (χ2n) is 4.44. The summed E-state index contributed by atoms with van der Waals surface area (Å²) in [6, 6.07) is 1.91. The number of carbonyl (C=O) groups is 1. The Bertz CT molecular complexity index is 370. The number of rotatable bonds is 6. The number of allylic oxidation sites excluding steroid dienone is 2. The monoisotopic (exact) mass is 233 g/mol. The smallest absolute Gasteiger partial charge is 0.220 e. The molecule has 1 N–H and O–H groups in total. The summed E-state index contributed by atoms with van der Waals surface area (Å²) in [4.78, 5) is 11.6. The zero-order chi connectivity index (χ0) is 11.9. The quantitative estimate of drug-likeness (QED) is 0.601. The molecule has 1 aliphatic carbocycles. The standard InChI is InChI=1S/C13H19N3O/c17-13(11-12-5-1-2-6-12)14-7-3-9-16-10-4-8-15-16/h1,4-5,8,10,12H,2-3,6-7,9,11H2,(H,14,17). The fourth-order valence-corrected chi connectivity index (χ4v) is 2.08. The Kier molecular flexibility index (Phi) is 4.36. The maximum atomic E-state index is 11.6. The van der Waals surface area contributed by atoms with E-state index in [1.54, 1.807) is 6.20 Å². The van der Waals surface area contributed by atoms with Crippen LogP contribution in [0.5, 0.6) is 0 Å². The third-order valence-corrected chi connectivity index (χ3v) is 3.01. The van der Waals surface area contributed by atoms with E-state index < -0.39 is 0 Å². The summed E-state index contributed by atoms with van der Waals surface area (Å²) in [5, 5.41) is 7.07. The van der Waals surface area contributed by atoms with Gasteiger partial charge in [-0.3, -0.25) is 9.48 Å². The van der Waals surface area contributed by atoms with Gasteiger partial charge in [0.05, 0.1) is 0 Å². The number of hydrogen-bond donors (Lipinski definition) is 1. The zero-order valence-corrected chi connectivity index (χ0v) is 10.0. The molecule has 1 aromatic heterocycles. The van der Waals surface area contributed by atoms with E-state index in [1.165, 1.54) is 0 Å². The van der Waals surface area contributed by atoms with Crippen LogP contribution >= 0.6 is 0 Å². The number of aromatic nitrogens is 2. The average molecular weight is 233 g/mol. The Labute approximate surface area is 102 Å². The third kappa shape index (κ3) is 4.06. The first-order chi connectivity index (χ1) is 8.34. The van der Waals surface area contributed by atoms with E-state index in [9.17, 15) is 4.79 Å². The molecule has 0 saturated carbocycles. The Morgan fingerprint density at radius 2 is 2.47 bits per heavy atom. The van der Waals surface area contributed by atoms with Gasteiger partial charge >= 0.3 is 0 Å². The Morgan fingerprint density at radius 1 is 1.53 bits per heavy atom. The van der Waals surface area contributed by atoms with Gasteiger partial charge in [-0.15, -0.1) is 0 Å². The van der Waals surface area contributed by atoms with Crippen molar-refractivity contribution in [3.05, 3.63) is 30.6 Å². The number of carbonyl (C=O) groups excluding carboxylic acids is 1.